The first-order chi connectivity index (χ1) is 5.09. The third-order valence-corrected chi connectivity index (χ3v) is 1.43. The molecule has 3 heteroatoms. The molecule has 1 unspecified atom stereocenters. The molecular formula is C8H11O3-. The molecule has 0 radical (unpaired) electrons. The van der Waals surface area contributed by atoms with Crippen LogP contribution in [-0.4, -0.2) is 11.8 Å². The molecule has 0 rings (SSSR count). The van der Waals surface area contributed by atoms with Crippen LogP contribution in [0.2, 0.25) is 0 Å². The van der Waals surface area contributed by atoms with Crippen molar-refractivity contribution in [3.8, 4) is 0 Å². The molecule has 0 aliphatic rings. The number of aliphatic carboxylic acids is 1. The number of ketones is 1. The zero-order valence-electron chi connectivity index (χ0n) is 6.50. The van der Waals surface area contributed by atoms with Crippen LogP contribution in [0.4, 0.5) is 0 Å². The molecule has 0 spiro atoms. The summed E-state index contributed by atoms with van der Waals surface area (Å²) in [6.45, 7) is 4.68. The van der Waals surface area contributed by atoms with Gasteiger partial charge in [-0.15, -0.1) is 6.58 Å². The highest BCUT2D eigenvalue weighted by Crippen LogP contribution is 2.06. The predicted molar refractivity (Wildman–Crippen MR) is 38.6 cm³/mol. The fourth-order valence-corrected chi connectivity index (χ4v) is 0.772. The Balaban J connectivity index is 4.00. The molecule has 11 heavy (non-hydrogen) atoms. The molecule has 3 nitrogen and oxygen atoms in total. The van der Waals surface area contributed by atoms with Crippen molar-refractivity contribution in [3.05, 3.63) is 12.7 Å². The van der Waals surface area contributed by atoms with E-state index in [2.05, 4.69) is 6.58 Å². The van der Waals surface area contributed by atoms with Crippen LogP contribution in [0.15, 0.2) is 12.7 Å². The molecule has 0 aromatic rings. The van der Waals surface area contributed by atoms with Crippen molar-refractivity contribution in [2.45, 2.75) is 19.8 Å². The van der Waals surface area contributed by atoms with Crippen LogP contribution in [0.5, 0.6) is 0 Å². The van der Waals surface area contributed by atoms with E-state index in [-0.39, 0.29) is 5.78 Å². The molecule has 0 heterocycles. The lowest BCUT2D eigenvalue weighted by atomic mass is 10.00. The molecule has 0 N–H and O–H groups in total. The van der Waals surface area contributed by atoms with Gasteiger partial charge < -0.3 is 9.90 Å². The first kappa shape index (κ1) is 9.88. The Hall–Kier alpha value is -1.12. The number of hydrogen-bond acceptors (Lipinski definition) is 3. The minimum absolute atomic E-state index is 0.293. The maximum Gasteiger partial charge on any atom is 0.138 e. The monoisotopic (exact) mass is 155 g/mol. The standard InChI is InChI=1S/C8H12O3/c1-3-4-5-7(6(2)9)8(10)11/h3,7H,1,4-5H2,2H3,(H,10,11)/p-1. The molecule has 0 aromatic heterocycles. The lowest BCUT2D eigenvalue weighted by Gasteiger charge is -2.12. The highest BCUT2D eigenvalue weighted by molar-refractivity contribution is 5.95. The van der Waals surface area contributed by atoms with E-state index in [4.69, 9.17) is 0 Å². The second-order valence-electron chi connectivity index (χ2n) is 2.35. The topological polar surface area (TPSA) is 57.2 Å². The quantitative estimate of drug-likeness (QED) is 0.411. The van der Waals surface area contributed by atoms with E-state index in [1.54, 1.807) is 6.08 Å². The number of rotatable bonds is 5. The summed E-state index contributed by atoms with van der Waals surface area (Å²) in [6.07, 6.45) is 2.40. The average Bonchev–Trinajstić information content (AvgIpc) is 1.87. The summed E-state index contributed by atoms with van der Waals surface area (Å²) in [5.41, 5.74) is 0. The van der Waals surface area contributed by atoms with E-state index in [9.17, 15) is 14.7 Å². The van der Waals surface area contributed by atoms with Gasteiger partial charge in [-0.05, 0) is 19.8 Å². The van der Waals surface area contributed by atoms with Crippen molar-refractivity contribution >= 4 is 11.8 Å². The van der Waals surface area contributed by atoms with Crippen LogP contribution < -0.4 is 5.11 Å². The van der Waals surface area contributed by atoms with E-state index >= 15 is 0 Å². The van der Waals surface area contributed by atoms with Gasteiger partial charge in [-0.3, -0.25) is 4.79 Å². The van der Waals surface area contributed by atoms with E-state index in [0.29, 0.717) is 12.8 Å². The Morgan fingerprint density at radius 2 is 2.18 bits per heavy atom. The average molecular weight is 155 g/mol. The molecule has 0 saturated heterocycles. The number of Topliss-reactive ketones (excluding diaryl/α,β-unsaturated/α-hetero) is 1. The van der Waals surface area contributed by atoms with Gasteiger partial charge >= 0.3 is 0 Å². The predicted octanol–water partition coefficient (Wildman–Crippen LogP) is -0.0923. The van der Waals surface area contributed by atoms with Crippen molar-refractivity contribution in [2.75, 3.05) is 0 Å². The van der Waals surface area contributed by atoms with Crippen LogP contribution in [0, 0.1) is 5.92 Å². The van der Waals surface area contributed by atoms with Crippen LogP contribution in [0.3, 0.4) is 0 Å². The molecule has 0 saturated carbocycles. The van der Waals surface area contributed by atoms with Crippen LogP contribution in [0.1, 0.15) is 19.8 Å². The van der Waals surface area contributed by atoms with Crippen LogP contribution in [-0.2, 0) is 9.59 Å². The van der Waals surface area contributed by atoms with Gasteiger partial charge in [-0.25, -0.2) is 0 Å². The van der Waals surface area contributed by atoms with Crippen LogP contribution >= 0.6 is 0 Å². The smallest absolute Gasteiger partial charge is 0.138 e. The highest BCUT2D eigenvalue weighted by Gasteiger charge is 2.13. The van der Waals surface area contributed by atoms with Crippen molar-refractivity contribution < 1.29 is 14.7 Å². The van der Waals surface area contributed by atoms with Gasteiger partial charge in [0.05, 0.1) is 11.9 Å². The number of carboxylic acids is 1. The minimum atomic E-state index is -1.29. The summed E-state index contributed by atoms with van der Waals surface area (Å²) in [4.78, 5) is 20.9. The summed E-state index contributed by atoms with van der Waals surface area (Å²) < 4.78 is 0. The molecule has 0 aliphatic carbocycles. The third kappa shape index (κ3) is 3.55. The van der Waals surface area contributed by atoms with E-state index in [1.807, 2.05) is 0 Å². The number of carboxylic acid groups (broad SMARTS) is 1. The molecule has 62 valence electrons. The third-order valence-electron chi connectivity index (χ3n) is 1.43. The Labute approximate surface area is 65.7 Å². The summed E-state index contributed by atoms with van der Waals surface area (Å²) in [5, 5.41) is 10.3. The number of carbonyl (C=O) groups is 2. The molecule has 0 amide bonds. The maximum absolute atomic E-state index is 10.6. The Kier molecular flexibility index (Phi) is 4.18. The molecule has 0 aromatic carbocycles. The van der Waals surface area contributed by atoms with Gasteiger partial charge in [-0.1, -0.05) is 6.08 Å². The molecule has 0 fully saturated rings. The maximum atomic E-state index is 10.6. The Morgan fingerprint density at radius 3 is 2.45 bits per heavy atom. The molecule has 0 aliphatic heterocycles. The minimum Gasteiger partial charge on any atom is -0.549 e. The zero-order valence-corrected chi connectivity index (χ0v) is 6.50. The highest BCUT2D eigenvalue weighted by atomic mass is 16.4. The summed E-state index contributed by atoms with van der Waals surface area (Å²) in [7, 11) is 0. The van der Waals surface area contributed by atoms with E-state index in [1.165, 1.54) is 6.92 Å². The molecule has 0 bridgehead atoms. The largest absolute Gasteiger partial charge is 0.549 e. The van der Waals surface area contributed by atoms with Crippen molar-refractivity contribution in [1.82, 2.24) is 0 Å². The van der Waals surface area contributed by atoms with Crippen molar-refractivity contribution in [2.24, 2.45) is 5.92 Å². The van der Waals surface area contributed by atoms with E-state index in [0.717, 1.165) is 0 Å². The van der Waals surface area contributed by atoms with Crippen molar-refractivity contribution in [3.63, 3.8) is 0 Å². The first-order valence-electron chi connectivity index (χ1n) is 3.41. The number of carbonyl (C=O) groups excluding carboxylic acids is 2. The lowest BCUT2D eigenvalue weighted by Crippen LogP contribution is -2.35. The fraction of sp³-hybridized carbons (Fsp3) is 0.500. The first-order valence-corrected chi connectivity index (χ1v) is 3.41. The Morgan fingerprint density at radius 1 is 1.64 bits per heavy atom. The van der Waals surface area contributed by atoms with Gasteiger partial charge in [0.25, 0.3) is 0 Å². The summed E-state index contributed by atoms with van der Waals surface area (Å²) in [6, 6.07) is 0. The van der Waals surface area contributed by atoms with Gasteiger partial charge in [-0.2, -0.15) is 0 Å². The van der Waals surface area contributed by atoms with Crippen LogP contribution in [0.25, 0.3) is 0 Å². The molecular weight excluding hydrogens is 144 g/mol. The molecule has 1 atom stereocenters. The van der Waals surface area contributed by atoms with E-state index < -0.39 is 11.9 Å². The second-order valence-corrected chi connectivity index (χ2v) is 2.35. The van der Waals surface area contributed by atoms with Crippen molar-refractivity contribution in [1.29, 1.82) is 0 Å². The van der Waals surface area contributed by atoms with Gasteiger partial charge in [0.1, 0.15) is 5.78 Å². The zero-order chi connectivity index (χ0) is 8.85. The van der Waals surface area contributed by atoms with Gasteiger partial charge in [0, 0.05) is 0 Å². The number of allylic oxidation sites excluding steroid dienone is 1. The van der Waals surface area contributed by atoms with Gasteiger partial charge in [0.2, 0.25) is 0 Å². The summed E-state index contributed by atoms with van der Waals surface area (Å²) >= 11 is 0. The summed E-state index contributed by atoms with van der Waals surface area (Å²) in [5.74, 6) is -2.61. The lowest BCUT2D eigenvalue weighted by molar-refractivity contribution is -0.310. The normalized spacial score (nSPS) is 12.1. The Bertz CT molecular complexity index is 158. The second kappa shape index (κ2) is 4.66. The fourth-order valence-electron chi connectivity index (χ4n) is 0.772. The number of hydrogen-bond donors (Lipinski definition) is 0. The SMILES string of the molecule is C=CCCC(C(C)=O)C(=O)[O-]. The van der Waals surface area contributed by atoms with Gasteiger partial charge in [0.15, 0.2) is 0 Å².